The molecule has 0 bridgehead atoms. The summed E-state index contributed by atoms with van der Waals surface area (Å²) in [7, 11) is 0. The van der Waals surface area contributed by atoms with Gasteiger partial charge in [-0.25, -0.2) is 17.6 Å². The van der Waals surface area contributed by atoms with E-state index in [4.69, 9.17) is 0 Å². The molecule has 1 aliphatic rings. The summed E-state index contributed by atoms with van der Waals surface area (Å²) in [4.78, 5) is 0. The Morgan fingerprint density at radius 3 is 1.85 bits per heavy atom. The van der Waals surface area contributed by atoms with E-state index in [1.54, 1.807) is 0 Å². The van der Waals surface area contributed by atoms with Gasteiger partial charge in [0.25, 0.3) is 0 Å². The van der Waals surface area contributed by atoms with Gasteiger partial charge >= 0.3 is 0 Å². The number of hydrogen-bond donors (Lipinski definition) is 0. The lowest BCUT2D eigenvalue weighted by atomic mass is 10.2. The summed E-state index contributed by atoms with van der Waals surface area (Å²) in [5, 5.41) is 5.89. The molecule has 0 aliphatic carbocycles. The van der Waals surface area contributed by atoms with Gasteiger partial charge in [-0.1, -0.05) is 0 Å². The molecule has 67 valence electrons. The van der Waals surface area contributed by atoms with Crippen LogP contribution in [0.2, 0.25) is 0 Å². The van der Waals surface area contributed by atoms with Gasteiger partial charge in [0.2, 0.25) is 0 Å². The van der Waals surface area contributed by atoms with Gasteiger partial charge in [0.1, 0.15) is 0 Å². The molecule has 0 atom stereocenters. The standard InChI is InChI=1S/C6F4N3/c7-1-2(8)4(10)6-5(3(1)9)11-13-12-6. The number of halogens is 4. The molecule has 1 aromatic carbocycles. The lowest BCUT2D eigenvalue weighted by Gasteiger charge is -2.00. The van der Waals surface area contributed by atoms with Crippen molar-refractivity contribution in [2.75, 3.05) is 0 Å². The first-order chi connectivity index (χ1) is 6.13. The maximum absolute atomic E-state index is 12.7. The van der Waals surface area contributed by atoms with Gasteiger partial charge in [0.15, 0.2) is 34.6 Å². The second-order valence-corrected chi connectivity index (χ2v) is 2.24. The van der Waals surface area contributed by atoms with E-state index in [0.717, 1.165) is 0 Å². The number of nitrogens with zero attached hydrogens (tertiary/aromatic N) is 3. The van der Waals surface area contributed by atoms with E-state index in [2.05, 4.69) is 15.8 Å². The molecule has 3 nitrogen and oxygen atoms in total. The molecule has 1 heterocycles. The molecule has 13 heavy (non-hydrogen) atoms. The summed E-state index contributed by atoms with van der Waals surface area (Å²) in [5.41, 5.74) is 1.57. The Morgan fingerprint density at radius 2 is 1.23 bits per heavy atom. The fraction of sp³-hybridized carbons (Fsp3) is 0. The van der Waals surface area contributed by atoms with Crippen molar-refractivity contribution in [3.8, 4) is 0 Å². The second kappa shape index (κ2) is 2.41. The van der Waals surface area contributed by atoms with Crippen LogP contribution in [0.4, 0.5) is 28.9 Å². The van der Waals surface area contributed by atoms with Gasteiger partial charge in [-0.15, -0.1) is 10.5 Å². The van der Waals surface area contributed by atoms with Crippen molar-refractivity contribution in [2.45, 2.75) is 0 Å². The topological polar surface area (TPSA) is 38.8 Å². The van der Waals surface area contributed by atoms with Crippen molar-refractivity contribution >= 4 is 11.4 Å². The Morgan fingerprint density at radius 1 is 0.692 bits per heavy atom. The zero-order valence-corrected chi connectivity index (χ0v) is 5.85. The molecule has 0 fully saturated rings. The molecule has 0 N–H and O–H groups in total. The SMILES string of the molecule is Fc1c(F)c(F)c2c(c1F)[N]N=N2. The summed E-state index contributed by atoms with van der Waals surface area (Å²) in [6.07, 6.45) is 0. The Labute approximate surface area is 69.1 Å². The fourth-order valence-electron chi connectivity index (χ4n) is 0.903. The number of fused-ring (bicyclic) bond motifs is 1. The third-order valence-electron chi connectivity index (χ3n) is 1.51. The van der Waals surface area contributed by atoms with Gasteiger partial charge < -0.3 is 0 Å². The maximum atomic E-state index is 12.7. The summed E-state index contributed by atoms with van der Waals surface area (Å²) in [6, 6.07) is 0. The Bertz CT molecular complexity index is 415. The minimum Gasteiger partial charge on any atom is -0.201 e. The van der Waals surface area contributed by atoms with Crippen molar-refractivity contribution < 1.29 is 17.6 Å². The van der Waals surface area contributed by atoms with Crippen molar-refractivity contribution in [1.29, 1.82) is 0 Å². The normalized spacial score (nSPS) is 12.9. The number of benzene rings is 1. The monoisotopic (exact) mass is 190 g/mol. The van der Waals surface area contributed by atoms with Gasteiger partial charge in [0.05, 0.1) is 0 Å². The molecule has 0 unspecified atom stereocenters. The third kappa shape index (κ3) is 0.895. The van der Waals surface area contributed by atoms with E-state index in [9.17, 15) is 17.6 Å². The number of rotatable bonds is 0. The van der Waals surface area contributed by atoms with E-state index < -0.39 is 34.6 Å². The van der Waals surface area contributed by atoms with Crippen LogP contribution < -0.4 is 5.43 Å². The highest BCUT2D eigenvalue weighted by Crippen LogP contribution is 2.38. The molecule has 1 aromatic rings. The highest BCUT2D eigenvalue weighted by Gasteiger charge is 2.28. The van der Waals surface area contributed by atoms with Crippen LogP contribution in [0.5, 0.6) is 0 Å². The molecule has 0 aromatic heterocycles. The minimum absolute atomic E-state index is 0.712. The average Bonchev–Trinajstić information content (AvgIpc) is 2.59. The lowest BCUT2D eigenvalue weighted by Crippen LogP contribution is -1.98. The van der Waals surface area contributed by atoms with Gasteiger partial charge in [-0.3, -0.25) is 0 Å². The van der Waals surface area contributed by atoms with Crippen LogP contribution in [0.15, 0.2) is 10.3 Å². The van der Waals surface area contributed by atoms with Crippen LogP contribution in [0, 0.1) is 23.3 Å². The quantitative estimate of drug-likeness (QED) is 0.342. The van der Waals surface area contributed by atoms with E-state index in [1.807, 2.05) is 0 Å². The average molecular weight is 190 g/mol. The predicted octanol–water partition coefficient (Wildman–Crippen LogP) is 2.49. The molecule has 1 aliphatic heterocycles. The lowest BCUT2D eigenvalue weighted by molar-refractivity contribution is 0.411. The molecule has 0 amide bonds. The first-order valence-electron chi connectivity index (χ1n) is 3.10. The molecule has 0 saturated carbocycles. The zero-order valence-electron chi connectivity index (χ0n) is 5.85. The van der Waals surface area contributed by atoms with Crippen LogP contribution in [0.1, 0.15) is 0 Å². The predicted molar refractivity (Wildman–Crippen MR) is 32.6 cm³/mol. The van der Waals surface area contributed by atoms with E-state index >= 15 is 0 Å². The van der Waals surface area contributed by atoms with Crippen LogP contribution >= 0.6 is 0 Å². The Kier molecular flexibility index (Phi) is 1.48. The van der Waals surface area contributed by atoms with E-state index in [-0.39, 0.29) is 0 Å². The molecule has 0 spiro atoms. The van der Waals surface area contributed by atoms with Crippen LogP contribution in [-0.2, 0) is 0 Å². The second-order valence-electron chi connectivity index (χ2n) is 2.24. The van der Waals surface area contributed by atoms with Crippen molar-refractivity contribution in [3.05, 3.63) is 23.3 Å². The van der Waals surface area contributed by atoms with Crippen LogP contribution in [0.25, 0.3) is 0 Å². The molecule has 0 saturated heterocycles. The maximum Gasteiger partial charge on any atom is 0.199 e. The van der Waals surface area contributed by atoms with Crippen LogP contribution in [0.3, 0.4) is 0 Å². The van der Waals surface area contributed by atoms with Gasteiger partial charge in [0, 0.05) is 0 Å². The summed E-state index contributed by atoms with van der Waals surface area (Å²) < 4.78 is 50.5. The summed E-state index contributed by atoms with van der Waals surface area (Å²) in [6.45, 7) is 0. The van der Waals surface area contributed by atoms with Crippen molar-refractivity contribution in [3.63, 3.8) is 0 Å². The van der Waals surface area contributed by atoms with E-state index in [0.29, 0.717) is 0 Å². The highest BCUT2D eigenvalue weighted by molar-refractivity contribution is 5.64. The molecule has 1 radical (unpaired) electrons. The Balaban J connectivity index is 2.82. The van der Waals surface area contributed by atoms with Gasteiger partial charge in [-0.2, -0.15) is 0 Å². The third-order valence-corrected chi connectivity index (χ3v) is 1.51. The van der Waals surface area contributed by atoms with Crippen LogP contribution in [-0.4, -0.2) is 0 Å². The van der Waals surface area contributed by atoms with Crippen molar-refractivity contribution in [1.82, 2.24) is 5.43 Å². The molecular weight excluding hydrogens is 190 g/mol. The van der Waals surface area contributed by atoms with E-state index in [1.165, 1.54) is 0 Å². The fourth-order valence-corrected chi connectivity index (χ4v) is 0.903. The molecule has 2 rings (SSSR count). The minimum atomic E-state index is -1.91. The first kappa shape index (κ1) is 7.96. The largest absolute Gasteiger partial charge is 0.201 e. The number of hydrogen-bond acceptors (Lipinski definition) is 2. The van der Waals surface area contributed by atoms with Crippen molar-refractivity contribution in [2.24, 2.45) is 10.3 Å². The zero-order chi connectivity index (χ0) is 9.59. The first-order valence-corrected chi connectivity index (χ1v) is 3.10. The summed E-state index contributed by atoms with van der Waals surface area (Å²) in [5.74, 6) is -6.99. The molecule has 7 heteroatoms. The molecular formula is C6F4N3. The highest BCUT2D eigenvalue weighted by atomic mass is 19.2. The summed E-state index contributed by atoms with van der Waals surface area (Å²) >= 11 is 0. The Hall–Kier alpha value is -1.66. The van der Waals surface area contributed by atoms with Gasteiger partial charge in [-0.05, 0) is 5.22 Å². The smallest absolute Gasteiger partial charge is 0.199 e.